The molecule has 2 aromatic rings. The van der Waals surface area contributed by atoms with Gasteiger partial charge in [0, 0.05) is 6.54 Å². The maximum atomic E-state index is 6.09. The van der Waals surface area contributed by atoms with Crippen LogP contribution in [0.1, 0.15) is 42.0 Å². The first-order valence-electron chi connectivity index (χ1n) is 7.09. The highest BCUT2D eigenvalue weighted by Gasteiger charge is 2.09. The minimum absolute atomic E-state index is 0.440. The van der Waals surface area contributed by atoms with Crippen LogP contribution in [0.4, 0.5) is 0 Å². The summed E-state index contributed by atoms with van der Waals surface area (Å²) in [5, 5.41) is 0. The topological polar surface area (TPSA) is 35.2 Å². The molecular formula is C18H23NO. The summed E-state index contributed by atoms with van der Waals surface area (Å²) in [6.45, 7) is 9.07. The maximum absolute atomic E-state index is 6.09. The van der Waals surface area contributed by atoms with Crippen molar-refractivity contribution < 1.29 is 4.74 Å². The molecule has 0 heterocycles. The zero-order valence-electron chi connectivity index (χ0n) is 12.7. The molecule has 20 heavy (non-hydrogen) atoms. The minimum atomic E-state index is 0.440. The largest absolute Gasteiger partial charge is 0.457 e. The Hall–Kier alpha value is -1.80. The van der Waals surface area contributed by atoms with Gasteiger partial charge in [-0.3, -0.25) is 0 Å². The summed E-state index contributed by atoms with van der Waals surface area (Å²) in [5.41, 5.74) is 10.5. The highest BCUT2D eigenvalue weighted by Crippen LogP contribution is 2.32. The Morgan fingerprint density at radius 3 is 2.40 bits per heavy atom. The predicted molar refractivity (Wildman–Crippen MR) is 84.4 cm³/mol. The summed E-state index contributed by atoms with van der Waals surface area (Å²) >= 11 is 0. The van der Waals surface area contributed by atoms with Crippen molar-refractivity contribution in [3.05, 3.63) is 58.7 Å². The first-order chi connectivity index (χ1) is 9.51. The summed E-state index contributed by atoms with van der Waals surface area (Å²) in [6, 6.07) is 12.5. The normalized spacial score (nSPS) is 10.9. The quantitative estimate of drug-likeness (QED) is 0.874. The van der Waals surface area contributed by atoms with Crippen LogP contribution in [-0.4, -0.2) is 0 Å². The van der Waals surface area contributed by atoms with Gasteiger partial charge in [-0.05, 0) is 60.2 Å². The highest BCUT2D eigenvalue weighted by atomic mass is 16.5. The third kappa shape index (κ3) is 3.20. The zero-order chi connectivity index (χ0) is 14.7. The van der Waals surface area contributed by atoms with Gasteiger partial charge in [0.25, 0.3) is 0 Å². The van der Waals surface area contributed by atoms with Gasteiger partial charge in [-0.1, -0.05) is 32.0 Å². The van der Waals surface area contributed by atoms with Gasteiger partial charge in [0.1, 0.15) is 11.5 Å². The maximum Gasteiger partial charge on any atom is 0.131 e. The fraction of sp³-hybridized carbons (Fsp3) is 0.333. The van der Waals surface area contributed by atoms with E-state index in [4.69, 9.17) is 10.5 Å². The molecule has 0 bridgehead atoms. The fourth-order valence-corrected chi connectivity index (χ4v) is 2.29. The Balaban J connectivity index is 2.34. The second-order valence-electron chi connectivity index (χ2n) is 5.59. The Morgan fingerprint density at radius 2 is 1.80 bits per heavy atom. The Bertz CT molecular complexity index is 602. The number of ether oxygens (including phenoxy) is 1. The van der Waals surface area contributed by atoms with Gasteiger partial charge >= 0.3 is 0 Å². The predicted octanol–water partition coefficient (Wildman–Crippen LogP) is 4.68. The van der Waals surface area contributed by atoms with Gasteiger partial charge in [-0.2, -0.15) is 0 Å². The molecule has 0 unspecified atom stereocenters. The first kappa shape index (κ1) is 14.6. The van der Waals surface area contributed by atoms with E-state index in [0.717, 1.165) is 17.1 Å². The van der Waals surface area contributed by atoms with Crippen molar-refractivity contribution in [1.29, 1.82) is 0 Å². The molecule has 2 nitrogen and oxygen atoms in total. The van der Waals surface area contributed by atoms with Gasteiger partial charge in [0.2, 0.25) is 0 Å². The van der Waals surface area contributed by atoms with Gasteiger partial charge in [0.15, 0.2) is 0 Å². The molecule has 2 rings (SSSR count). The van der Waals surface area contributed by atoms with Crippen LogP contribution >= 0.6 is 0 Å². The molecule has 2 heteroatoms. The second-order valence-corrected chi connectivity index (χ2v) is 5.59. The third-order valence-electron chi connectivity index (χ3n) is 3.55. The van der Waals surface area contributed by atoms with Gasteiger partial charge in [-0.25, -0.2) is 0 Å². The molecule has 2 aromatic carbocycles. The van der Waals surface area contributed by atoms with Crippen molar-refractivity contribution in [2.45, 2.75) is 40.2 Å². The van der Waals surface area contributed by atoms with Crippen LogP contribution in [0.15, 0.2) is 36.4 Å². The zero-order valence-corrected chi connectivity index (χ0v) is 12.7. The van der Waals surface area contributed by atoms with Crippen LogP contribution in [-0.2, 0) is 6.54 Å². The molecular weight excluding hydrogens is 246 g/mol. The van der Waals surface area contributed by atoms with Crippen LogP contribution in [0, 0.1) is 13.8 Å². The van der Waals surface area contributed by atoms with Crippen LogP contribution in [0.3, 0.4) is 0 Å². The van der Waals surface area contributed by atoms with Crippen LogP contribution in [0.5, 0.6) is 11.5 Å². The molecule has 0 atom stereocenters. The van der Waals surface area contributed by atoms with Gasteiger partial charge in [-0.15, -0.1) is 0 Å². The lowest BCUT2D eigenvalue weighted by Gasteiger charge is -2.15. The summed E-state index contributed by atoms with van der Waals surface area (Å²) < 4.78 is 6.09. The fourth-order valence-electron chi connectivity index (χ4n) is 2.29. The molecule has 0 amide bonds. The SMILES string of the molecule is Cc1ccc(C(C)C)c(Oc2ccc(CN)c(C)c2)c1. The summed E-state index contributed by atoms with van der Waals surface area (Å²) in [6.07, 6.45) is 0. The minimum Gasteiger partial charge on any atom is -0.457 e. The summed E-state index contributed by atoms with van der Waals surface area (Å²) in [7, 11) is 0. The van der Waals surface area contributed by atoms with Crippen LogP contribution < -0.4 is 10.5 Å². The molecule has 0 fully saturated rings. The second kappa shape index (κ2) is 6.10. The molecule has 0 spiro atoms. The van der Waals surface area contributed by atoms with E-state index in [1.165, 1.54) is 16.7 Å². The summed E-state index contributed by atoms with van der Waals surface area (Å²) in [5.74, 6) is 2.25. The average molecular weight is 269 g/mol. The van der Waals surface area contributed by atoms with E-state index in [1.54, 1.807) is 0 Å². The molecule has 0 aliphatic rings. The highest BCUT2D eigenvalue weighted by molar-refractivity contribution is 5.43. The molecule has 106 valence electrons. The molecule has 0 aliphatic carbocycles. The van der Waals surface area contributed by atoms with E-state index >= 15 is 0 Å². The number of hydrogen-bond acceptors (Lipinski definition) is 2. The lowest BCUT2D eigenvalue weighted by atomic mass is 10.0. The molecule has 2 N–H and O–H groups in total. The van der Waals surface area contributed by atoms with E-state index in [9.17, 15) is 0 Å². The van der Waals surface area contributed by atoms with Crippen molar-refractivity contribution in [3.8, 4) is 11.5 Å². The van der Waals surface area contributed by atoms with Crippen molar-refractivity contribution in [2.75, 3.05) is 0 Å². The molecule has 0 aliphatic heterocycles. The van der Waals surface area contributed by atoms with Crippen molar-refractivity contribution in [1.82, 2.24) is 0 Å². The summed E-state index contributed by atoms with van der Waals surface area (Å²) in [4.78, 5) is 0. The lowest BCUT2D eigenvalue weighted by molar-refractivity contribution is 0.472. The van der Waals surface area contributed by atoms with E-state index in [-0.39, 0.29) is 0 Å². The van der Waals surface area contributed by atoms with E-state index in [0.29, 0.717) is 12.5 Å². The van der Waals surface area contributed by atoms with E-state index in [2.05, 4.69) is 52.0 Å². The van der Waals surface area contributed by atoms with Gasteiger partial charge in [0.05, 0.1) is 0 Å². The van der Waals surface area contributed by atoms with E-state index < -0.39 is 0 Å². The Morgan fingerprint density at radius 1 is 1.05 bits per heavy atom. The number of hydrogen-bond donors (Lipinski definition) is 1. The van der Waals surface area contributed by atoms with Crippen molar-refractivity contribution in [3.63, 3.8) is 0 Å². The number of aryl methyl sites for hydroxylation is 2. The Kier molecular flexibility index (Phi) is 4.46. The smallest absolute Gasteiger partial charge is 0.131 e. The average Bonchev–Trinajstić information content (AvgIpc) is 2.38. The lowest BCUT2D eigenvalue weighted by Crippen LogP contribution is -1.99. The molecule has 0 aromatic heterocycles. The monoisotopic (exact) mass is 269 g/mol. The third-order valence-corrected chi connectivity index (χ3v) is 3.55. The molecule has 0 saturated carbocycles. The molecule has 0 radical (unpaired) electrons. The van der Waals surface area contributed by atoms with E-state index in [1.807, 2.05) is 12.1 Å². The number of benzene rings is 2. The van der Waals surface area contributed by atoms with Crippen molar-refractivity contribution >= 4 is 0 Å². The van der Waals surface area contributed by atoms with Crippen LogP contribution in [0.25, 0.3) is 0 Å². The molecule has 0 saturated heterocycles. The standard InChI is InChI=1S/C18H23NO/c1-12(2)17-8-5-13(3)9-18(17)20-16-7-6-15(11-19)14(4)10-16/h5-10,12H,11,19H2,1-4H3. The van der Waals surface area contributed by atoms with Crippen molar-refractivity contribution in [2.24, 2.45) is 5.73 Å². The van der Waals surface area contributed by atoms with Crippen LogP contribution in [0.2, 0.25) is 0 Å². The Labute approximate surface area is 121 Å². The van der Waals surface area contributed by atoms with Gasteiger partial charge < -0.3 is 10.5 Å². The first-order valence-corrected chi connectivity index (χ1v) is 7.09. The number of nitrogens with two attached hydrogens (primary N) is 1. The number of rotatable bonds is 4.